The first kappa shape index (κ1) is 10.7. The lowest BCUT2D eigenvalue weighted by atomic mass is 9.97. The van der Waals surface area contributed by atoms with Crippen molar-refractivity contribution in [1.29, 1.82) is 0 Å². The zero-order valence-electron chi connectivity index (χ0n) is 9.91. The predicted molar refractivity (Wildman–Crippen MR) is 67.8 cm³/mol. The topological polar surface area (TPSA) is 20.2 Å². The lowest BCUT2D eigenvalue weighted by Gasteiger charge is -2.10. The van der Waals surface area contributed by atoms with Gasteiger partial charge in [-0.1, -0.05) is 35.9 Å². The second-order valence-corrected chi connectivity index (χ2v) is 4.34. The van der Waals surface area contributed by atoms with Crippen LogP contribution < -0.4 is 0 Å². The Hall–Kier alpha value is -1.76. The van der Waals surface area contributed by atoms with Crippen LogP contribution in [0.3, 0.4) is 0 Å². The first-order valence-electron chi connectivity index (χ1n) is 5.45. The molecule has 0 heterocycles. The van der Waals surface area contributed by atoms with E-state index >= 15 is 0 Å². The van der Waals surface area contributed by atoms with Crippen molar-refractivity contribution in [3.8, 4) is 16.9 Å². The quantitative estimate of drug-likeness (QED) is 0.758. The molecule has 1 nitrogen and oxygen atoms in total. The Balaban J connectivity index is 2.60. The van der Waals surface area contributed by atoms with Gasteiger partial charge in [0.1, 0.15) is 5.75 Å². The summed E-state index contributed by atoms with van der Waals surface area (Å²) in [5.74, 6) is 0.362. The molecule has 0 unspecified atom stereocenters. The number of aromatic hydroxyl groups is 1. The van der Waals surface area contributed by atoms with E-state index in [4.69, 9.17) is 0 Å². The molecule has 0 amide bonds. The Morgan fingerprint density at radius 3 is 2.00 bits per heavy atom. The highest BCUT2D eigenvalue weighted by Gasteiger charge is 2.08. The van der Waals surface area contributed by atoms with Gasteiger partial charge in [-0.3, -0.25) is 0 Å². The molecule has 16 heavy (non-hydrogen) atoms. The van der Waals surface area contributed by atoms with Gasteiger partial charge in [0.15, 0.2) is 0 Å². The van der Waals surface area contributed by atoms with Crippen LogP contribution in [0.25, 0.3) is 11.1 Å². The Kier molecular flexibility index (Phi) is 2.69. The smallest absolute Gasteiger partial charge is 0.123 e. The highest BCUT2D eigenvalue weighted by Crippen LogP contribution is 2.33. The summed E-state index contributed by atoms with van der Waals surface area (Å²) in [6.07, 6.45) is 0. The lowest BCUT2D eigenvalue weighted by molar-refractivity contribution is 0.476. The third-order valence-electron chi connectivity index (χ3n) is 2.80. The molecule has 0 aliphatic heterocycles. The molecule has 2 aromatic carbocycles. The molecule has 0 saturated heterocycles. The van der Waals surface area contributed by atoms with E-state index in [1.165, 1.54) is 5.56 Å². The standard InChI is InChI=1S/C15H16O/c1-10-4-6-13(7-5-10)15-12(3)8-11(2)9-14(15)16/h4-9,16H,1-3H3. The van der Waals surface area contributed by atoms with Crippen molar-refractivity contribution >= 4 is 0 Å². The fraction of sp³-hybridized carbons (Fsp3) is 0.200. The minimum absolute atomic E-state index is 0.362. The Bertz CT molecular complexity index is 486. The van der Waals surface area contributed by atoms with E-state index in [1.807, 2.05) is 32.0 Å². The van der Waals surface area contributed by atoms with Crippen molar-refractivity contribution in [2.24, 2.45) is 0 Å². The summed E-state index contributed by atoms with van der Waals surface area (Å²) < 4.78 is 0. The molecule has 0 bridgehead atoms. The van der Waals surface area contributed by atoms with Gasteiger partial charge in [0, 0.05) is 5.56 Å². The molecule has 82 valence electrons. The van der Waals surface area contributed by atoms with E-state index < -0.39 is 0 Å². The average Bonchev–Trinajstić information content (AvgIpc) is 2.19. The van der Waals surface area contributed by atoms with Gasteiger partial charge in [-0.05, 0) is 43.5 Å². The molecule has 2 aromatic rings. The van der Waals surface area contributed by atoms with E-state index in [1.54, 1.807) is 0 Å². The van der Waals surface area contributed by atoms with Crippen LogP contribution in [0.1, 0.15) is 16.7 Å². The number of phenols is 1. The van der Waals surface area contributed by atoms with Gasteiger partial charge in [-0.2, -0.15) is 0 Å². The zero-order valence-corrected chi connectivity index (χ0v) is 9.91. The van der Waals surface area contributed by atoms with Crippen molar-refractivity contribution in [2.45, 2.75) is 20.8 Å². The van der Waals surface area contributed by atoms with Gasteiger partial charge in [0.05, 0.1) is 0 Å². The molecule has 1 N–H and O–H groups in total. The molecule has 0 spiro atoms. The maximum Gasteiger partial charge on any atom is 0.123 e. The van der Waals surface area contributed by atoms with Crippen molar-refractivity contribution in [1.82, 2.24) is 0 Å². The SMILES string of the molecule is Cc1ccc(-c2c(C)cc(C)cc2O)cc1. The van der Waals surface area contributed by atoms with E-state index in [0.717, 1.165) is 22.3 Å². The molecule has 0 aliphatic rings. The highest BCUT2D eigenvalue weighted by molar-refractivity contribution is 5.74. The normalized spacial score (nSPS) is 10.4. The van der Waals surface area contributed by atoms with Crippen molar-refractivity contribution in [3.63, 3.8) is 0 Å². The molecule has 2 rings (SSSR count). The van der Waals surface area contributed by atoms with Crippen LogP contribution in [0.5, 0.6) is 5.75 Å². The van der Waals surface area contributed by atoms with E-state index in [2.05, 4.69) is 25.1 Å². The van der Waals surface area contributed by atoms with Crippen LogP contribution in [0.15, 0.2) is 36.4 Å². The van der Waals surface area contributed by atoms with Gasteiger partial charge in [0.2, 0.25) is 0 Å². The third-order valence-corrected chi connectivity index (χ3v) is 2.80. The Labute approximate surface area is 96.4 Å². The minimum Gasteiger partial charge on any atom is -0.507 e. The molecule has 0 atom stereocenters. The molecular formula is C15H16O. The molecule has 0 saturated carbocycles. The van der Waals surface area contributed by atoms with E-state index in [0.29, 0.717) is 5.75 Å². The second kappa shape index (κ2) is 4.01. The largest absolute Gasteiger partial charge is 0.507 e. The summed E-state index contributed by atoms with van der Waals surface area (Å²) >= 11 is 0. The molecule has 0 aromatic heterocycles. The van der Waals surface area contributed by atoms with E-state index in [-0.39, 0.29) is 0 Å². The number of phenolic OH excluding ortho intramolecular Hbond substituents is 1. The van der Waals surface area contributed by atoms with Crippen LogP contribution in [-0.4, -0.2) is 5.11 Å². The van der Waals surface area contributed by atoms with Crippen LogP contribution in [0.4, 0.5) is 0 Å². The minimum atomic E-state index is 0.362. The molecular weight excluding hydrogens is 196 g/mol. The van der Waals surface area contributed by atoms with Gasteiger partial charge < -0.3 is 5.11 Å². The van der Waals surface area contributed by atoms with Crippen molar-refractivity contribution < 1.29 is 5.11 Å². The summed E-state index contributed by atoms with van der Waals surface area (Å²) in [6.45, 7) is 6.08. The number of hydrogen-bond donors (Lipinski definition) is 1. The Morgan fingerprint density at radius 1 is 0.812 bits per heavy atom. The first-order valence-corrected chi connectivity index (χ1v) is 5.45. The molecule has 0 aliphatic carbocycles. The molecule has 0 radical (unpaired) electrons. The summed E-state index contributed by atoms with van der Waals surface area (Å²) in [6, 6.07) is 12.1. The predicted octanol–water partition coefficient (Wildman–Crippen LogP) is 3.98. The van der Waals surface area contributed by atoms with Gasteiger partial charge >= 0.3 is 0 Å². The third kappa shape index (κ3) is 1.94. The summed E-state index contributed by atoms with van der Waals surface area (Å²) in [4.78, 5) is 0. The fourth-order valence-electron chi connectivity index (χ4n) is 2.04. The maximum absolute atomic E-state index is 9.99. The zero-order chi connectivity index (χ0) is 11.7. The monoisotopic (exact) mass is 212 g/mol. The second-order valence-electron chi connectivity index (χ2n) is 4.34. The number of aryl methyl sites for hydroxylation is 3. The van der Waals surface area contributed by atoms with Gasteiger partial charge in [0.25, 0.3) is 0 Å². The summed E-state index contributed by atoms with van der Waals surface area (Å²) in [5.41, 5.74) is 5.44. The first-order chi connectivity index (χ1) is 7.58. The van der Waals surface area contributed by atoms with Gasteiger partial charge in [-0.25, -0.2) is 0 Å². The number of benzene rings is 2. The van der Waals surface area contributed by atoms with Crippen molar-refractivity contribution in [3.05, 3.63) is 53.1 Å². The fourth-order valence-corrected chi connectivity index (χ4v) is 2.04. The number of rotatable bonds is 1. The molecule has 0 fully saturated rings. The van der Waals surface area contributed by atoms with Gasteiger partial charge in [-0.15, -0.1) is 0 Å². The summed E-state index contributed by atoms with van der Waals surface area (Å²) in [7, 11) is 0. The molecule has 1 heteroatoms. The van der Waals surface area contributed by atoms with Crippen LogP contribution in [0.2, 0.25) is 0 Å². The summed E-state index contributed by atoms with van der Waals surface area (Å²) in [5, 5.41) is 9.99. The lowest BCUT2D eigenvalue weighted by Crippen LogP contribution is -1.86. The Morgan fingerprint density at radius 2 is 1.44 bits per heavy atom. The van der Waals surface area contributed by atoms with Crippen LogP contribution in [0, 0.1) is 20.8 Å². The van der Waals surface area contributed by atoms with Crippen LogP contribution in [-0.2, 0) is 0 Å². The van der Waals surface area contributed by atoms with Crippen molar-refractivity contribution in [2.75, 3.05) is 0 Å². The highest BCUT2D eigenvalue weighted by atomic mass is 16.3. The maximum atomic E-state index is 9.99. The van der Waals surface area contributed by atoms with Crippen LogP contribution >= 0.6 is 0 Å². The average molecular weight is 212 g/mol. The number of hydrogen-bond acceptors (Lipinski definition) is 1. The van der Waals surface area contributed by atoms with E-state index in [9.17, 15) is 5.11 Å².